The van der Waals surface area contributed by atoms with Crippen LogP contribution in [0.15, 0.2) is 79.0 Å². The van der Waals surface area contributed by atoms with Gasteiger partial charge in [-0.2, -0.15) is 9.69 Å². The van der Waals surface area contributed by atoms with Crippen molar-refractivity contribution >= 4 is 17.9 Å². The highest BCUT2D eigenvalue weighted by Gasteiger charge is 2.30. The summed E-state index contributed by atoms with van der Waals surface area (Å²) in [6, 6.07) is 22.1. The van der Waals surface area contributed by atoms with E-state index in [9.17, 15) is 19.9 Å². The predicted molar refractivity (Wildman–Crippen MR) is 141 cm³/mol. The predicted octanol–water partition coefficient (Wildman–Crippen LogP) is 5.33. The number of anilines is 1. The number of aromatic nitrogens is 1. The van der Waals surface area contributed by atoms with Gasteiger partial charge in [-0.15, -0.1) is 0 Å². The molecule has 1 heterocycles. The second kappa shape index (κ2) is 12.8. The lowest BCUT2D eigenvalue weighted by Gasteiger charge is -2.23. The lowest BCUT2D eigenvalue weighted by molar-refractivity contribution is -0.591. The van der Waals surface area contributed by atoms with Crippen LogP contribution in [-0.4, -0.2) is 35.9 Å². The van der Waals surface area contributed by atoms with Gasteiger partial charge in [0.25, 0.3) is 5.82 Å². The van der Waals surface area contributed by atoms with Crippen molar-refractivity contribution < 1.29 is 28.9 Å². The molecule has 1 N–H and O–H groups in total. The van der Waals surface area contributed by atoms with Gasteiger partial charge in [0.2, 0.25) is 0 Å². The fourth-order valence-electron chi connectivity index (χ4n) is 3.91. The number of carboxylic acid groups (broad SMARTS) is 1. The molecule has 0 radical (unpaired) electrons. The van der Waals surface area contributed by atoms with E-state index in [1.807, 2.05) is 54.6 Å². The normalized spacial score (nSPS) is 12.0. The van der Waals surface area contributed by atoms with Crippen LogP contribution >= 0.6 is 0 Å². The number of nitrogens with zero attached hydrogens (tertiary/aromatic N) is 2. The molecule has 1 aromatic heterocycles. The highest BCUT2D eigenvalue weighted by Crippen LogP contribution is 2.25. The van der Waals surface area contributed by atoms with Gasteiger partial charge in [-0.1, -0.05) is 48.5 Å². The van der Waals surface area contributed by atoms with E-state index >= 15 is 0 Å². The molecule has 0 unspecified atom stereocenters. The Balaban J connectivity index is 1.57. The smallest absolute Gasteiger partial charge is 0.507 e. The van der Waals surface area contributed by atoms with Crippen molar-refractivity contribution in [2.24, 2.45) is 0 Å². The number of aliphatic carboxylic acids is 1. The molecular weight excluding hydrogens is 472 g/mol. The van der Waals surface area contributed by atoms with Gasteiger partial charge in [0.05, 0.1) is 19.2 Å². The van der Waals surface area contributed by atoms with Crippen LogP contribution in [0.25, 0.3) is 0 Å². The maximum absolute atomic E-state index is 12.7. The Labute approximate surface area is 217 Å². The molecule has 0 aliphatic carbocycles. The summed E-state index contributed by atoms with van der Waals surface area (Å²) in [4.78, 5) is 25.4. The summed E-state index contributed by atoms with van der Waals surface area (Å²) in [5.74, 6) is -0.0885. The first-order valence-electron chi connectivity index (χ1n) is 12.3. The Morgan fingerprint density at radius 1 is 1.00 bits per heavy atom. The lowest BCUT2D eigenvalue weighted by atomic mass is 9.89. The number of ether oxygens (including phenoxy) is 2. The first kappa shape index (κ1) is 27.5. The van der Waals surface area contributed by atoms with Crippen molar-refractivity contribution in [3.63, 3.8) is 0 Å². The van der Waals surface area contributed by atoms with Gasteiger partial charge >= 0.3 is 12.1 Å². The minimum atomic E-state index is -0.827. The molecule has 1 amide bonds. The molecule has 1 atom stereocenters. The highest BCUT2D eigenvalue weighted by molar-refractivity contribution is 5.85. The average Bonchev–Trinajstić information content (AvgIpc) is 2.84. The molecule has 37 heavy (non-hydrogen) atoms. The fraction of sp³-hybridized carbons (Fsp3) is 0.345. The molecular formula is C29H34N2O6. The third-order valence-corrected chi connectivity index (χ3v) is 5.59. The molecule has 2 aromatic carbocycles. The Kier molecular flexibility index (Phi) is 9.49. The third-order valence-electron chi connectivity index (χ3n) is 5.59. The Bertz CT molecular complexity index is 1160. The summed E-state index contributed by atoms with van der Waals surface area (Å²) in [6.07, 6.45) is 1.88. The Hall–Kier alpha value is -4.07. The van der Waals surface area contributed by atoms with Crippen LogP contribution in [0.5, 0.6) is 5.75 Å². The van der Waals surface area contributed by atoms with Crippen molar-refractivity contribution in [1.82, 2.24) is 0 Å². The van der Waals surface area contributed by atoms with Gasteiger partial charge in [0, 0.05) is 12.5 Å². The largest absolute Gasteiger partial charge is 0.711 e. The quantitative estimate of drug-likeness (QED) is 0.214. The first-order valence-corrected chi connectivity index (χ1v) is 12.3. The molecule has 3 rings (SSSR count). The topological polar surface area (TPSA) is 103 Å². The summed E-state index contributed by atoms with van der Waals surface area (Å²) in [5.41, 5.74) is 1.32. The van der Waals surface area contributed by atoms with E-state index < -0.39 is 17.7 Å². The molecule has 0 aliphatic rings. The molecule has 0 spiro atoms. The molecule has 0 bridgehead atoms. The van der Waals surface area contributed by atoms with Gasteiger partial charge in [-0.3, -0.25) is 4.79 Å². The minimum Gasteiger partial charge on any atom is -0.711 e. The molecule has 0 fully saturated rings. The van der Waals surface area contributed by atoms with Crippen molar-refractivity contribution in [1.29, 1.82) is 0 Å². The van der Waals surface area contributed by atoms with E-state index in [4.69, 9.17) is 9.47 Å². The average molecular weight is 507 g/mol. The number of carbonyl (C=O) groups excluding carboxylic acids is 1. The van der Waals surface area contributed by atoms with Gasteiger partial charge < -0.3 is 19.8 Å². The van der Waals surface area contributed by atoms with E-state index in [0.717, 1.165) is 11.1 Å². The third kappa shape index (κ3) is 8.83. The van der Waals surface area contributed by atoms with Crippen LogP contribution in [0.1, 0.15) is 50.7 Å². The molecule has 0 saturated carbocycles. The van der Waals surface area contributed by atoms with Crippen LogP contribution in [-0.2, 0) is 16.0 Å². The highest BCUT2D eigenvalue weighted by atomic mass is 16.6. The minimum absolute atomic E-state index is 0.0567. The number of hydrogen-bond donors (Lipinski definition) is 1. The molecule has 196 valence electrons. The Morgan fingerprint density at radius 2 is 1.68 bits per heavy atom. The summed E-state index contributed by atoms with van der Waals surface area (Å²) in [5, 5.41) is 21.6. The van der Waals surface area contributed by atoms with Crippen LogP contribution in [0.3, 0.4) is 0 Å². The zero-order chi connectivity index (χ0) is 26.8. The van der Waals surface area contributed by atoms with E-state index in [0.29, 0.717) is 29.9 Å². The lowest BCUT2D eigenvalue weighted by Crippen LogP contribution is -2.44. The number of carbonyl (C=O) groups is 2. The molecule has 8 nitrogen and oxygen atoms in total. The maximum Gasteiger partial charge on any atom is 0.507 e. The van der Waals surface area contributed by atoms with Gasteiger partial charge in [-0.05, 0) is 62.4 Å². The molecule has 8 heteroatoms. The number of amides is 1. The van der Waals surface area contributed by atoms with E-state index in [1.165, 1.54) is 11.1 Å². The van der Waals surface area contributed by atoms with Crippen LogP contribution in [0.4, 0.5) is 10.6 Å². The summed E-state index contributed by atoms with van der Waals surface area (Å²) < 4.78 is 12.0. The zero-order valence-corrected chi connectivity index (χ0v) is 21.5. The van der Waals surface area contributed by atoms with E-state index in [-0.39, 0.29) is 24.7 Å². The van der Waals surface area contributed by atoms with Crippen molar-refractivity contribution in [3.8, 4) is 5.75 Å². The van der Waals surface area contributed by atoms with Crippen molar-refractivity contribution in [3.05, 3.63) is 95.3 Å². The fourth-order valence-corrected chi connectivity index (χ4v) is 3.91. The number of carboxylic acids is 1. The summed E-state index contributed by atoms with van der Waals surface area (Å²) in [6.45, 7) is 5.89. The number of hydrogen-bond acceptors (Lipinski definition) is 5. The summed E-state index contributed by atoms with van der Waals surface area (Å²) in [7, 11) is 0. The molecule has 0 aliphatic heterocycles. The monoisotopic (exact) mass is 506 g/mol. The standard InChI is InChI=1S/C29H34N2O6/c1-29(2,3)37-28(34)30(26-12-7-8-18-31(26)35)17-9-19-36-25-15-13-22(14-16-25)20-24(21-27(32)33)23-10-5-4-6-11-23/h4-8,10-16,18,24H,9,17,19-21H2,1-3H3,(H,32,33)/t24-/m0/s1. The van der Waals surface area contributed by atoms with Crippen molar-refractivity contribution in [2.45, 2.75) is 51.6 Å². The molecule has 3 aromatic rings. The van der Waals surface area contributed by atoms with Crippen LogP contribution < -0.4 is 14.4 Å². The van der Waals surface area contributed by atoms with Crippen molar-refractivity contribution in [2.75, 3.05) is 18.1 Å². The van der Waals surface area contributed by atoms with Gasteiger partial charge in [0.15, 0.2) is 0 Å². The molecule has 0 saturated heterocycles. The SMILES string of the molecule is CC(C)(C)OC(=O)N(CCCOc1ccc(C[C@@H](CC(=O)O)c2ccccc2)cc1)c1cccc[n+]1[O-]. The van der Waals surface area contributed by atoms with E-state index in [2.05, 4.69) is 0 Å². The summed E-state index contributed by atoms with van der Waals surface area (Å²) >= 11 is 0. The second-order valence-corrected chi connectivity index (χ2v) is 9.77. The Morgan fingerprint density at radius 3 is 2.30 bits per heavy atom. The van der Waals surface area contributed by atoms with Crippen LogP contribution in [0, 0.1) is 5.21 Å². The first-order chi connectivity index (χ1) is 17.6. The number of pyridine rings is 1. The van der Waals surface area contributed by atoms with Gasteiger partial charge in [-0.25, -0.2) is 4.73 Å². The zero-order valence-electron chi connectivity index (χ0n) is 21.5. The maximum atomic E-state index is 12.7. The van der Waals surface area contributed by atoms with Gasteiger partial charge in [0.1, 0.15) is 17.9 Å². The number of benzene rings is 2. The second-order valence-electron chi connectivity index (χ2n) is 9.77. The van der Waals surface area contributed by atoms with E-state index in [1.54, 1.807) is 39.0 Å². The number of rotatable bonds is 11. The van der Waals surface area contributed by atoms with Crippen LogP contribution in [0.2, 0.25) is 0 Å².